The van der Waals surface area contributed by atoms with Gasteiger partial charge in [-0.15, -0.1) is 0 Å². The van der Waals surface area contributed by atoms with E-state index in [1.165, 1.54) is 0 Å². The van der Waals surface area contributed by atoms with Crippen LogP contribution in [0.25, 0.3) is 11.4 Å². The van der Waals surface area contributed by atoms with Crippen molar-refractivity contribution in [2.45, 2.75) is 20.3 Å². The Morgan fingerprint density at radius 1 is 1.00 bits per heavy atom. The second kappa shape index (κ2) is 6.43. The van der Waals surface area contributed by atoms with Crippen molar-refractivity contribution < 1.29 is 9.47 Å². The lowest BCUT2D eigenvalue weighted by molar-refractivity contribution is 0.394. The van der Waals surface area contributed by atoms with Crippen molar-refractivity contribution in [2.24, 2.45) is 5.92 Å². The van der Waals surface area contributed by atoms with Crippen LogP contribution in [0.3, 0.4) is 0 Å². The fraction of sp³-hybridized carbons (Fsp3) is 0.375. The standard InChI is InChI=1S/C16H21N3O2/c1-10(2)5-12-8-15(17)19-16(18-12)11-6-13(20-3)9-14(7-11)21-4/h6-10H,5H2,1-4H3,(H2,17,18,19). The van der Waals surface area contributed by atoms with Crippen molar-refractivity contribution in [2.75, 3.05) is 20.0 Å². The number of nitrogen functional groups attached to an aromatic ring is 1. The second-order valence-corrected chi connectivity index (χ2v) is 5.31. The molecule has 0 fully saturated rings. The Kier molecular flexibility index (Phi) is 4.62. The fourth-order valence-corrected chi connectivity index (χ4v) is 2.11. The minimum Gasteiger partial charge on any atom is -0.497 e. The van der Waals surface area contributed by atoms with Crippen molar-refractivity contribution in [3.63, 3.8) is 0 Å². The molecule has 0 aliphatic rings. The van der Waals surface area contributed by atoms with Crippen molar-refractivity contribution >= 4 is 5.82 Å². The molecule has 0 saturated carbocycles. The molecule has 112 valence electrons. The maximum atomic E-state index is 5.90. The van der Waals surface area contributed by atoms with E-state index in [2.05, 4.69) is 23.8 Å². The average Bonchev–Trinajstić information content (AvgIpc) is 2.45. The van der Waals surface area contributed by atoms with E-state index < -0.39 is 0 Å². The normalized spacial score (nSPS) is 10.7. The fourth-order valence-electron chi connectivity index (χ4n) is 2.11. The highest BCUT2D eigenvalue weighted by molar-refractivity contribution is 5.62. The molecule has 1 heterocycles. The number of nitrogens with zero attached hydrogens (tertiary/aromatic N) is 2. The maximum absolute atomic E-state index is 5.90. The van der Waals surface area contributed by atoms with Crippen LogP contribution in [0.15, 0.2) is 24.3 Å². The van der Waals surface area contributed by atoms with Gasteiger partial charge in [-0.25, -0.2) is 9.97 Å². The topological polar surface area (TPSA) is 70.3 Å². The first-order valence-electron chi connectivity index (χ1n) is 6.88. The lowest BCUT2D eigenvalue weighted by Gasteiger charge is -2.10. The number of benzene rings is 1. The molecule has 0 saturated heterocycles. The first kappa shape index (κ1) is 15.1. The van der Waals surface area contributed by atoms with Crippen LogP contribution in [-0.2, 0) is 6.42 Å². The van der Waals surface area contributed by atoms with Gasteiger partial charge < -0.3 is 15.2 Å². The summed E-state index contributed by atoms with van der Waals surface area (Å²) in [5.74, 6) is 2.95. The largest absolute Gasteiger partial charge is 0.497 e. The third kappa shape index (κ3) is 3.84. The molecule has 5 nitrogen and oxygen atoms in total. The molecule has 0 spiro atoms. The molecule has 0 aliphatic carbocycles. The number of hydrogen-bond acceptors (Lipinski definition) is 5. The molecular weight excluding hydrogens is 266 g/mol. The van der Waals surface area contributed by atoms with Gasteiger partial charge in [0.1, 0.15) is 17.3 Å². The summed E-state index contributed by atoms with van der Waals surface area (Å²) in [6.45, 7) is 4.29. The van der Waals surface area contributed by atoms with E-state index in [4.69, 9.17) is 15.2 Å². The van der Waals surface area contributed by atoms with Gasteiger partial charge in [-0.05, 0) is 24.5 Å². The number of aromatic nitrogens is 2. The monoisotopic (exact) mass is 287 g/mol. The number of nitrogens with two attached hydrogens (primary N) is 1. The zero-order valence-electron chi connectivity index (χ0n) is 12.9. The van der Waals surface area contributed by atoms with E-state index in [9.17, 15) is 0 Å². The van der Waals surface area contributed by atoms with Gasteiger partial charge in [0, 0.05) is 23.4 Å². The van der Waals surface area contributed by atoms with Gasteiger partial charge in [-0.3, -0.25) is 0 Å². The Hall–Kier alpha value is -2.30. The van der Waals surface area contributed by atoms with E-state index in [1.54, 1.807) is 14.2 Å². The molecule has 0 bridgehead atoms. The van der Waals surface area contributed by atoms with Crippen LogP contribution in [0.1, 0.15) is 19.5 Å². The zero-order valence-corrected chi connectivity index (χ0v) is 12.9. The van der Waals surface area contributed by atoms with Crippen molar-refractivity contribution in [3.05, 3.63) is 30.0 Å². The van der Waals surface area contributed by atoms with Gasteiger partial charge in [0.25, 0.3) is 0 Å². The molecule has 0 radical (unpaired) electrons. The van der Waals surface area contributed by atoms with Crippen LogP contribution in [0.2, 0.25) is 0 Å². The molecule has 0 atom stereocenters. The molecule has 1 aromatic heterocycles. The van der Waals surface area contributed by atoms with Crippen LogP contribution in [0, 0.1) is 5.92 Å². The number of hydrogen-bond donors (Lipinski definition) is 1. The predicted octanol–water partition coefficient (Wildman–Crippen LogP) is 2.94. The van der Waals surface area contributed by atoms with E-state index >= 15 is 0 Å². The average molecular weight is 287 g/mol. The lowest BCUT2D eigenvalue weighted by Crippen LogP contribution is -2.03. The van der Waals surface area contributed by atoms with Gasteiger partial charge in [0.05, 0.1) is 14.2 Å². The van der Waals surface area contributed by atoms with Gasteiger partial charge in [-0.1, -0.05) is 13.8 Å². The molecule has 0 aliphatic heterocycles. The molecule has 21 heavy (non-hydrogen) atoms. The van der Waals surface area contributed by atoms with Crippen LogP contribution in [0.5, 0.6) is 11.5 Å². The van der Waals surface area contributed by atoms with Crippen LogP contribution < -0.4 is 15.2 Å². The minimum absolute atomic E-state index is 0.470. The van der Waals surface area contributed by atoms with E-state index in [1.807, 2.05) is 24.3 Å². The van der Waals surface area contributed by atoms with Gasteiger partial charge in [-0.2, -0.15) is 0 Å². The van der Waals surface area contributed by atoms with Gasteiger partial charge in [0.15, 0.2) is 5.82 Å². The first-order valence-corrected chi connectivity index (χ1v) is 6.88. The van der Waals surface area contributed by atoms with E-state index in [0.717, 1.165) is 17.7 Å². The molecular formula is C16H21N3O2. The van der Waals surface area contributed by atoms with Crippen LogP contribution >= 0.6 is 0 Å². The smallest absolute Gasteiger partial charge is 0.162 e. The predicted molar refractivity (Wildman–Crippen MR) is 83.5 cm³/mol. The number of methoxy groups -OCH3 is 2. The van der Waals surface area contributed by atoms with Crippen molar-refractivity contribution in [1.82, 2.24) is 9.97 Å². The Labute approximate surface area is 125 Å². The quantitative estimate of drug-likeness (QED) is 0.915. The summed E-state index contributed by atoms with van der Waals surface area (Å²) < 4.78 is 10.6. The van der Waals surface area contributed by atoms with Crippen LogP contribution in [-0.4, -0.2) is 24.2 Å². The summed E-state index contributed by atoms with van der Waals surface area (Å²) in [5.41, 5.74) is 7.66. The Morgan fingerprint density at radius 3 is 2.14 bits per heavy atom. The Bertz CT molecular complexity index is 605. The number of ether oxygens (including phenoxy) is 2. The summed E-state index contributed by atoms with van der Waals surface area (Å²) in [6, 6.07) is 7.37. The van der Waals surface area contributed by atoms with Gasteiger partial charge in [0.2, 0.25) is 0 Å². The highest BCUT2D eigenvalue weighted by Gasteiger charge is 2.10. The zero-order chi connectivity index (χ0) is 15.4. The summed E-state index contributed by atoms with van der Waals surface area (Å²) in [5, 5.41) is 0. The van der Waals surface area contributed by atoms with Crippen molar-refractivity contribution in [3.8, 4) is 22.9 Å². The molecule has 2 N–H and O–H groups in total. The number of anilines is 1. The highest BCUT2D eigenvalue weighted by Crippen LogP contribution is 2.28. The van der Waals surface area contributed by atoms with Crippen LogP contribution in [0.4, 0.5) is 5.82 Å². The molecule has 1 aromatic carbocycles. The third-order valence-electron chi connectivity index (χ3n) is 3.03. The molecule has 2 rings (SSSR count). The lowest BCUT2D eigenvalue weighted by atomic mass is 10.1. The third-order valence-corrected chi connectivity index (χ3v) is 3.03. The minimum atomic E-state index is 0.470. The highest BCUT2D eigenvalue weighted by atomic mass is 16.5. The molecule has 5 heteroatoms. The summed E-state index contributed by atoms with van der Waals surface area (Å²) >= 11 is 0. The van der Waals surface area contributed by atoms with Crippen molar-refractivity contribution in [1.29, 1.82) is 0 Å². The maximum Gasteiger partial charge on any atom is 0.162 e. The SMILES string of the molecule is COc1cc(OC)cc(-c2nc(N)cc(CC(C)C)n2)c1. The summed E-state index contributed by atoms with van der Waals surface area (Å²) in [7, 11) is 3.23. The van der Waals surface area contributed by atoms with E-state index in [0.29, 0.717) is 29.1 Å². The Morgan fingerprint density at radius 2 is 1.62 bits per heavy atom. The molecule has 0 unspecified atom stereocenters. The van der Waals surface area contributed by atoms with Gasteiger partial charge >= 0.3 is 0 Å². The Balaban J connectivity index is 2.47. The molecule has 2 aromatic rings. The molecule has 0 amide bonds. The first-order chi connectivity index (χ1) is 10.0. The summed E-state index contributed by atoms with van der Waals surface area (Å²) in [6.07, 6.45) is 0.862. The summed E-state index contributed by atoms with van der Waals surface area (Å²) in [4.78, 5) is 8.91. The second-order valence-electron chi connectivity index (χ2n) is 5.31. The van der Waals surface area contributed by atoms with E-state index in [-0.39, 0.29) is 0 Å². The number of rotatable bonds is 5.